The molecule has 5 rings (SSSR count). The molecule has 0 saturated carbocycles. The number of aromatic nitrogens is 3. The summed E-state index contributed by atoms with van der Waals surface area (Å²) in [6.07, 6.45) is 0. The van der Waals surface area contributed by atoms with Gasteiger partial charge in [0.2, 0.25) is 5.91 Å². The second-order valence-electron chi connectivity index (χ2n) is 7.95. The minimum absolute atomic E-state index is 0.0426. The number of anilines is 1. The van der Waals surface area contributed by atoms with Gasteiger partial charge in [0.25, 0.3) is 5.56 Å². The average Bonchev–Trinajstić information content (AvgIpc) is 3.22. The number of benzene rings is 3. The van der Waals surface area contributed by atoms with Gasteiger partial charge in [-0.1, -0.05) is 53.7 Å². The van der Waals surface area contributed by atoms with Crippen LogP contribution in [-0.2, 0) is 4.79 Å². The van der Waals surface area contributed by atoms with Crippen LogP contribution in [0.25, 0.3) is 27.6 Å². The number of para-hydroxylation sites is 1. The molecule has 3 aromatic carbocycles. The lowest BCUT2D eigenvalue weighted by atomic mass is 10.2. The fourth-order valence-corrected chi connectivity index (χ4v) is 4.91. The smallest absolute Gasteiger partial charge is 0.283 e. The maximum atomic E-state index is 13.8. The van der Waals surface area contributed by atoms with E-state index in [1.807, 2.05) is 49.4 Å². The number of nitrogens with one attached hydrogen (secondary N) is 2. The van der Waals surface area contributed by atoms with Gasteiger partial charge in [-0.3, -0.25) is 9.59 Å². The number of fused-ring (bicyclic) bond motifs is 3. The van der Waals surface area contributed by atoms with Gasteiger partial charge in [0.1, 0.15) is 16.8 Å². The van der Waals surface area contributed by atoms with Crippen molar-refractivity contribution in [2.75, 3.05) is 18.2 Å². The Morgan fingerprint density at radius 2 is 1.97 bits per heavy atom. The third-order valence-electron chi connectivity index (χ3n) is 5.51. The van der Waals surface area contributed by atoms with Gasteiger partial charge < -0.3 is 15.0 Å². The molecular weight excluding hydrogens is 484 g/mol. The van der Waals surface area contributed by atoms with Crippen LogP contribution < -0.4 is 15.6 Å². The molecule has 176 valence electrons. The predicted molar refractivity (Wildman–Crippen MR) is 141 cm³/mol. The molecule has 2 N–H and O–H groups in total. The molecular formula is C26H21ClN4O3S. The summed E-state index contributed by atoms with van der Waals surface area (Å²) in [5.74, 6) is 0.328. The number of H-pyrrole nitrogens is 1. The highest BCUT2D eigenvalue weighted by Crippen LogP contribution is 2.30. The first-order valence-corrected chi connectivity index (χ1v) is 12.2. The van der Waals surface area contributed by atoms with Gasteiger partial charge in [-0.15, -0.1) is 0 Å². The monoisotopic (exact) mass is 504 g/mol. The Bertz CT molecular complexity index is 1640. The summed E-state index contributed by atoms with van der Waals surface area (Å²) in [5, 5.41) is 4.59. The van der Waals surface area contributed by atoms with Crippen molar-refractivity contribution in [1.82, 2.24) is 14.5 Å². The fraction of sp³-hybridized carbons (Fsp3) is 0.115. The number of hydrogen-bond acceptors (Lipinski definition) is 5. The molecule has 2 heterocycles. The maximum absolute atomic E-state index is 13.8. The summed E-state index contributed by atoms with van der Waals surface area (Å²) in [7, 11) is 1.55. The molecule has 0 unspecified atom stereocenters. The van der Waals surface area contributed by atoms with Crippen LogP contribution >= 0.6 is 23.4 Å². The fourth-order valence-electron chi connectivity index (χ4n) is 3.92. The topological polar surface area (TPSA) is 89.0 Å². The summed E-state index contributed by atoms with van der Waals surface area (Å²) >= 11 is 7.20. The summed E-state index contributed by atoms with van der Waals surface area (Å²) in [6.45, 7) is 1.94. The number of halogens is 1. The van der Waals surface area contributed by atoms with Crippen LogP contribution in [0.3, 0.4) is 0 Å². The normalized spacial score (nSPS) is 11.2. The first kappa shape index (κ1) is 23.0. The Balaban J connectivity index is 1.61. The lowest BCUT2D eigenvalue weighted by molar-refractivity contribution is -0.113. The first-order chi connectivity index (χ1) is 16.9. The second-order valence-corrected chi connectivity index (χ2v) is 9.33. The van der Waals surface area contributed by atoms with Crippen LogP contribution in [0.1, 0.15) is 5.56 Å². The van der Waals surface area contributed by atoms with Crippen LogP contribution in [0.5, 0.6) is 5.75 Å². The Hall–Kier alpha value is -3.75. The van der Waals surface area contributed by atoms with Crippen LogP contribution in [0.15, 0.2) is 76.7 Å². The van der Waals surface area contributed by atoms with E-state index in [4.69, 9.17) is 21.3 Å². The number of amides is 1. The van der Waals surface area contributed by atoms with Gasteiger partial charge in [-0.2, -0.15) is 0 Å². The molecule has 0 aliphatic carbocycles. The minimum Gasteiger partial charge on any atom is -0.495 e. The van der Waals surface area contributed by atoms with Gasteiger partial charge in [0, 0.05) is 21.6 Å². The molecule has 7 nitrogen and oxygen atoms in total. The van der Waals surface area contributed by atoms with Gasteiger partial charge in [0.15, 0.2) is 5.16 Å². The molecule has 2 aromatic heterocycles. The highest BCUT2D eigenvalue weighted by atomic mass is 35.5. The summed E-state index contributed by atoms with van der Waals surface area (Å²) in [6, 6.07) is 20.1. The van der Waals surface area contributed by atoms with Gasteiger partial charge in [-0.05, 0) is 48.9 Å². The molecule has 0 aliphatic rings. The van der Waals surface area contributed by atoms with Crippen molar-refractivity contribution < 1.29 is 9.53 Å². The van der Waals surface area contributed by atoms with Crippen molar-refractivity contribution in [3.05, 3.63) is 87.7 Å². The lowest BCUT2D eigenvalue weighted by Crippen LogP contribution is -2.23. The lowest BCUT2D eigenvalue weighted by Gasteiger charge is -2.15. The first-order valence-electron chi connectivity index (χ1n) is 10.8. The van der Waals surface area contributed by atoms with Crippen molar-refractivity contribution in [3.63, 3.8) is 0 Å². The molecule has 0 spiro atoms. The quantitative estimate of drug-likeness (QED) is 0.233. The number of carbonyl (C=O) groups is 1. The highest BCUT2D eigenvalue weighted by molar-refractivity contribution is 7.99. The van der Waals surface area contributed by atoms with E-state index < -0.39 is 0 Å². The maximum Gasteiger partial charge on any atom is 0.283 e. The van der Waals surface area contributed by atoms with E-state index in [-0.39, 0.29) is 17.2 Å². The molecule has 0 saturated heterocycles. The van der Waals surface area contributed by atoms with Crippen molar-refractivity contribution in [1.29, 1.82) is 0 Å². The number of aryl methyl sites for hydroxylation is 1. The largest absolute Gasteiger partial charge is 0.495 e. The third kappa shape index (κ3) is 4.50. The number of carbonyl (C=O) groups excluding carboxylic acids is 1. The zero-order chi connectivity index (χ0) is 24.5. The molecule has 1 amide bonds. The number of hydrogen-bond donors (Lipinski definition) is 2. The molecule has 0 bridgehead atoms. The second kappa shape index (κ2) is 9.48. The zero-order valence-electron chi connectivity index (χ0n) is 19.0. The Labute approximate surface area is 210 Å². The van der Waals surface area contributed by atoms with Gasteiger partial charge in [-0.25, -0.2) is 9.55 Å². The van der Waals surface area contributed by atoms with Crippen LogP contribution in [0.4, 0.5) is 5.69 Å². The summed E-state index contributed by atoms with van der Waals surface area (Å²) in [4.78, 5) is 34.5. The van der Waals surface area contributed by atoms with E-state index in [1.54, 1.807) is 31.4 Å². The third-order valence-corrected chi connectivity index (χ3v) is 6.68. The van der Waals surface area contributed by atoms with E-state index in [2.05, 4.69) is 10.3 Å². The number of aromatic amines is 1. The van der Waals surface area contributed by atoms with E-state index >= 15 is 0 Å². The Kier molecular flexibility index (Phi) is 6.23. The van der Waals surface area contributed by atoms with Crippen molar-refractivity contribution in [2.45, 2.75) is 12.1 Å². The SMILES string of the molecule is COc1ccc(C)cc1-n1c(SCC(=O)Nc2cccc(Cl)c2)nc2c([nH]c3ccccc32)c1=O. The number of thioether (sulfide) groups is 1. The minimum atomic E-state index is -0.271. The molecule has 5 aromatic rings. The number of nitrogens with zero attached hydrogens (tertiary/aromatic N) is 2. The van der Waals surface area contributed by atoms with Crippen LogP contribution in [-0.4, -0.2) is 33.3 Å². The van der Waals surface area contributed by atoms with Crippen LogP contribution in [0, 0.1) is 6.92 Å². The number of ether oxygens (including phenoxy) is 1. The van der Waals surface area contributed by atoms with E-state index in [0.29, 0.717) is 38.3 Å². The van der Waals surface area contributed by atoms with Gasteiger partial charge >= 0.3 is 0 Å². The highest BCUT2D eigenvalue weighted by Gasteiger charge is 2.20. The number of rotatable bonds is 6. The Morgan fingerprint density at radius 1 is 1.14 bits per heavy atom. The Morgan fingerprint density at radius 3 is 2.77 bits per heavy atom. The van der Waals surface area contributed by atoms with Crippen molar-refractivity contribution in [2.24, 2.45) is 0 Å². The summed E-state index contributed by atoms with van der Waals surface area (Å²) < 4.78 is 7.05. The van der Waals surface area contributed by atoms with E-state index in [9.17, 15) is 9.59 Å². The molecule has 9 heteroatoms. The van der Waals surface area contributed by atoms with E-state index in [1.165, 1.54) is 16.3 Å². The van der Waals surface area contributed by atoms with Crippen molar-refractivity contribution in [3.8, 4) is 11.4 Å². The van der Waals surface area contributed by atoms with Crippen LogP contribution in [0.2, 0.25) is 5.02 Å². The van der Waals surface area contributed by atoms with E-state index in [0.717, 1.165) is 16.5 Å². The summed E-state index contributed by atoms with van der Waals surface area (Å²) in [5.41, 5.74) is 3.61. The molecule has 0 aliphatic heterocycles. The molecule has 0 fully saturated rings. The molecule has 0 atom stereocenters. The average molecular weight is 505 g/mol. The molecule has 35 heavy (non-hydrogen) atoms. The van der Waals surface area contributed by atoms with Gasteiger partial charge in [0.05, 0.1) is 18.6 Å². The standard InChI is InChI=1S/C26H21ClN4O3S/c1-15-10-11-21(34-2)20(12-15)31-25(33)24-23(18-8-3-4-9-19(18)29-24)30-26(31)35-14-22(32)28-17-7-5-6-16(27)13-17/h3-13,29H,14H2,1-2H3,(H,28,32). The predicted octanol–water partition coefficient (Wildman–Crippen LogP) is 5.57. The molecule has 0 radical (unpaired) electrons. The zero-order valence-corrected chi connectivity index (χ0v) is 20.5. The number of methoxy groups -OCH3 is 1. The van der Waals surface area contributed by atoms with Crippen molar-refractivity contribution >= 4 is 56.9 Å².